The first-order valence-corrected chi connectivity index (χ1v) is 13.3. The van der Waals surface area contributed by atoms with E-state index in [9.17, 15) is 13.2 Å². The quantitative estimate of drug-likeness (QED) is 0.402. The van der Waals surface area contributed by atoms with Crippen LogP contribution in [0, 0.1) is 5.92 Å². The van der Waals surface area contributed by atoms with Crippen LogP contribution in [-0.2, 0) is 31.1 Å². The number of methoxy groups -OCH3 is 1. The van der Waals surface area contributed by atoms with Crippen LogP contribution in [0.15, 0.2) is 42.9 Å². The van der Waals surface area contributed by atoms with Gasteiger partial charge < -0.3 is 14.6 Å². The molecule has 7 nitrogen and oxygen atoms in total. The molecule has 2 aliphatic rings. The number of nitrogens with one attached hydrogen (secondary N) is 1. The number of benzene rings is 1. The van der Waals surface area contributed by atoms with Crippen LogP contribution in [0.4, 0.5) is 18.9 Å². The molecular weight excluding hydrogens is 493 g/mol. The third-order valence-corrected chi connectivity index (χ3v) is 7.96. The highest BCUT2D eigenvalue weighted by atomic mass is 19.4. The van der Waals surface area contributed by atoms with Crippen LogP contribution in [0.2, 0.25) is 0 Å². The maximum absolute atomic E-state index is 14.0. The predicted octanol–water partition coefficient (Wildman–Crippen LogP) is 5.38. The van der Waals surface area contributed by atoms with Gasteiger partial charge in [0.15, 0.2) is 0 Å². The number of likely N-dealkylation sites (tertiary alicyclic amines) is 1. The zero-order chi connectivity index (χ0) is 26.7. The van der Waals surface area contributed by atoms with Crippen LogP contribution in [0.5, 0.6) is 0 Å². The van der Waals surface area contributed by atoms with Gasteiger partial charge in [-0.3, -0.25) is 9.88 Å². The van der Waals surface area contributed by atoms with E-state index in [4.69, 9.17) is 4.74 Å². The summed E-state index contributed by atoms with van der Waals surface area (Å²) in [6.45, 7) is 2.04. The number of aromatic nitrogens is 4. The molecule has 3 aromatic rings. The van der Waals surface area contributed by atoms with Gasteiger partial charge in [0.05, 0.1) is 23.9 Å². The summed E-state index contributed by atoms with van der Waals surface area (Å²) in [7, 11) is 3.65. The molecule has 2 fully saturated rings. The summed E-state index contributed by atoms with van der Waals surface area (Å²) in [5.74, 6) is 1.50. The van der Waals surface area contributed by atoms with Crippen LogP contribution in [0.25, 0.3) is 0 Å². The van der Waals surface area contributed by atoms with E-state index in [1.165, 1.54) is 12.5 Å². The lowest BCUT2D eigenvalue weighted by atomic mass is 9.72. The number of halogens is 3. The average Bonchev–Trinajstić information content (AvgIpc) is 3.30. The fourth-order valence-corrected chi connectivity index (χ4v) is 5.58. The molecule has 1 aliphatic carbocycles. The van der Waals surface area contributed by atoms with Gasteiger partial charge in [-0.2, -0.15) is 13.2 Å². The Morgan fingerprint density at radius 2 is 1.92 bits per heavy atom. The molecule has 1 aromatic carbocycles. The number of hydrogen-bond acceptors (Lipinski definition) is 6. The van der Waals surface area contributed by atoms with Gasteiger partial charge in [-0.05, 0) is 60.9 Å². The van der Waals surface area contributed by atoms with Crippen molar-refractivity contribution in [3.8, 4) is 0 Å². The van der Waals surface area contributed by atoms with Crippen LogP contribution < -0.4 is 5.32 Å². The molecule has 5 rings (SSSR count). The van der Waals surface area contributed by atoms with E-state index < -0.39 is 11.7 Å². The molecule has 0 bridgehead atoms. The van der Waals surface area contributed by atoms with Crippen molar-refractivity contribution in [3.63, 3.8) is 0 Å². The Kier molecular flexibility index (Phi) is 7.99. The Morgan fingerprint density at radius 1 is 1.13 bits per heavy atom. The standard InChI is InChI=1S/C28H35F3N6O/c1-36-18-34-35-27(36)26(20-5-3-6-20)21-7-4-8-22(14-21)32-16-25-24(28(29,30)31)13-19(15-33-25)17-37-11-9-23(38-2)10-12-37/h4,7-8,13-15,18,20,23,26,32H,3,5-6,9-12,16-17H2,1-2H3/t26-/m0/s1. The fourth-order valence-electron chi connectivity index (χ4n) is 5.58. The number of anilines is 1. The van der Waals surface area contributed by atoms with Gasteiger partial charge in [-0.15, -0.1) is 10.2 Å². The van der Waals surface area contributed by atoms with Crippen molar-refractivity contribution in [2.24, 2.45) is 13.0 Å². The Labute approximate surface area is 221 Å². The SMILES string of the molecule is COC1CCN(Cc2cnc(CNc3cccc([C@@H](c4nncn4C)C4CCC4)c3)c(C(F)(F)F)c2)CC1. The topological polar surface area (TPSA) is 68.1 Å². The minimum Gasteiger partial charge on any atom is -0.381 e. The number of nitrogens with zero attached hydrogens (tertiary/aromatic N) is 5. The largest absolute Gasteiger partial charge is 0.418 e. The summed E-state index contributed by atoms with van der Waals surface area (Å²) in [6.07, 6.45) is 4.26. The molecule has 0 unspecified atom stereocenters. The smallest absolute Gasteiger partial charge is 0.381 e. The number of hydrogen-bond donors (Lipinski definition) is 1. The number of rotatable bonds is 9. The molecule has 38 heavy (non-hydrogen) atoms. The highest BCUT2D eigenvalue weighted by Gasteiger charge is 2.35. The Morgan fingerprint density at radius 3 is 2.55 bits per heavy atom. The molecule has 2 aromatic heterocycles. The number of piperidine rings is 1. The summed E-state index contributed by atoms with van der Waals surface area (Å²) in [4.78, 5) is 6.42. The van der Waals surface area contributed by atoms with Crippen molar-refractivity contribution in [1.29, 1.82) is 0 Å². The number of alkyl halides is 3. The van der Waals surface area contributed by atoms with Crippen molar-refractivity contribution in [3.05, 3.63) is 71.1 Å². The number of pyridine rings is 1. The molecule has 0 radical (unpaired) electrons. The number of aryl methyl sites for hydroxylation is 1. The van der Waals surface area contributed by atoms with Gasteiger partial charge in [-0.1, -0.05) is 18.6 Å². The fraction of sp³-hybridized carbons (Fsp3) is 0.536. The summed E-state index contributed by atoms with van der Waals surface area (Å²) in [6, 6.07) is 9.15. The molecule has 3 heterocycles. The first kappa shape index (κ1) is 26.6. The lowest BCUT2D eigenvalue weighted by molar-refractivity contribution is -0.138. The van der Waals surface area contributed by atoms with E-state index in [0.717, 1.165) is 55.8 Å². The van der Waals surface area contributed by atoms with Gasteiger partial charge in [0.1, 0.15) is 12.2 Å². The molecule has 1 aliphatic heterocycles. The molecule has 0 spiro atoms. The molecule has 1 atom stereocenters. The second-order valence-corrected chi connectivity index (χ2v) is 10.5. The van der Waals surface area contributed by atoms with E-state index in [1.807, 2.05) is 29.8 Å². The van der Waals surface area contributed by atoms with Crippen molar-refractivity contribution < 1.29 is 17.9 Å². The molecule has 1 saturated heterocycles. The number of ether oxygens (including phenoxy) is 1. The predicted molar refractivity (Wildman–Crippen MR) is 139 cm³/mol. The van der Waals surface area contributed by atoms with Crippen LogP contribution in [0.1, 0.15) is 66.2 Å². The summed E-state index contributed by atoms with van der Waals surface area (Å²) >= 11 is 0. The second kappa shape index (κ2) is 11.4. The van der Waals surface area contributed by atoms with Crippen molar-refractivity contribution in [2.75, 3.05) is 25.5 Å². The maximum atomic E-state index is 14.0. The lowest BCUT2D eigenvalue weighted by Crippen LogP contribution is -2.36. The molecule has 1 saturated carbocycles. The van der Waals surface area contributed by atoms with Gasteiger partial charge in [0, 0.05) is 51.6 Å². The van der Waals surface area contributed by atoms with E-state index >= 15 is 0 Å². The van der Waals surface area contributed by atoms with Gasteiger partial charge in [0.2, 0.25) is 0 Å². The van der Waals surface area contributed by atoms with Crippen molar-refractivity contribution in [1.82, 2.24) is 24.6 Å². The van der Waals surface area contributed by atoms with Crippen molar-refractivity contribution in [2.45, 2.75) is 63.4 Å². The first-order valence-electron chi connectivity index (χ1n) is 13.3. The molecule has 0 amide bonds. The normalized spacial score (nSPS) is 18.3. The van der Waals surface area contributed by atoms with E-state index in [1.54, 1.807) is 19.6 Å². The minimum atomic E-state index is -4.48. The van der Waals surface area contributed by atoms with Crippen LogP contribution in [0.3, 0.4) is 0 Å². The minimum absolute atomic E-state index is 0.00594. The monoisotopic (exact) mass is 528 g/mol. The van der Waals surface area contributed by atoms with E-state index in [0.29, 0.717) is 18.0 Å². The highest BCUT2D eigenvalue weighted by Crippen LogP contribution is 2.43. The van der Waals surface area contributed by atoms with Gasteiger partial charge >= 0.3 is 6.18 Å². The van der Waals surface area contributed by atoms with E-state index in [-0.39, 0.29) is 24.3 Å². The zero-order valence-corrected chi connectivity index (χ0v) is 21.9. The Balaban J connectivity index is 1.31. The lowest BCUT2D eigenvalue weighted by Gasteiger charge is -2.33. The van der Waals surface area contributed by atoms with Gasteiger partial charge in [-0.25, -0.2) is 0 Å². The zero-order valence-electron chi connectivity index (χ0n) is 21.9. The molecule has 204 valence electrons. The average molecular weight is 529 g/mol. The third kappa shape index (κ3) is 6.02. The summed E-state index contributed by atoms with van der Waals surface area (Å²) in [5.41, 5.74) is 1.73. The summed E-state index contributed by atoms with van der Waals surface area (Å²) in [5, 5.41) is 11.6. The van der Waals surface area contributed by atoms with E-state index in [2.05, 4.69) is 31.5 Å². The first-order chi connectivity index (χ1) is 18.3. The maximum Gasteiger partial charge on any atom is 0.418 e. The van der Waals surface area contributed by atoms with Crippen molar-refractivity contribution >= 4 is 5.69 Å². The summed E-state index contributed by atoms with van der Waals surface area (Å²) < 4.78 is 49.4. The third-order valence-electron chi connectivity index (χ3n) is 7.96. The van der Waals surface area contributed by atoms with Crippen LogP contribution in [-0.4, -0.2) is 51.0 Å². The van der Waals surface area contributed by atoms with Gasteiger partial charge in [0.25, 0.3) is 0 Å². The second-order valence-electron chi connectivity index (χ2n) is 10.5. The Hall–Kier alpha value is -2.98. The molecule has 10 heteroatoms. The highest BCUT2D eigenvalue weighted by molar-refractivity contribution is 5.48. The Bertz CT molecular complexity index is 1220. The van der Waals surface area contributed by atoms with Crippen LogP contribution >= 0.6 is 0 Å². The molecular formula is C28H35F3N6O. The molecule has 1 N–H and O–H groups in total.